The standard InChI is InChI=1S/C13H16N2O4/c1-14(19-2)12(16)10-4-3-9-5-6-15(13(17)18)8-11(9)7-10/h3-4,7H,5-6,8H2,1-2H3,(H,17,18). The summed E-state index contributed by atoms with van der Waals surface area (Å²) in [6, 6.07) is 5.36. The van der Waals surface area contributed by atoms with Crippen molar-refractivity contribution in [1.82, 2.24) is 9.96 Å². The molecule has 0 spiro atoms. The fraction of sp³-hybridized carbons (Fsp3) is 0.385. The van der Waals surface area contributed by atoms with Crippen molar-refractivity contribution in [2.45, 2.75) is 13.0 Å². The summed E-state index contributed by atoms with van der Waals surface area (Å²) in [6.07, 6.45) is -0.257. The van der Waals surface area contributed by atoms with Gasteiger partial charge in [-0.15, -0.1) is 0 Å². The molecular formula is C13H16N2O4. The minimum Gasteiger partial charge on any atom is -0.465 e. The zero-order valence-corrected chi connectivity index (χ0v) is 10.9. The van der Waals surface area contributed by atoms with Gasteiger partial charge < -0.3 is 10.0 Å². The quantitative estimate of drug-likeness (QED) is 0.819. The Labute approximate surface area is 111 Å². The third-order valence-electron chi connectivity index (χ3n) is 3.30. The Morgan fingerprint density at radius 1 is 1.37 bits per heavy atom. The van der Waals surface area contributed by atoms with Crippen LogP contribution >= 0.6 is 0 Å². The van der Waals surface area contributed by atoms with E-state index >= 15 is 0 Å². The molecular weight excluding hydrogens is 248 g/mol. The van der Waals surface area contributed by atoms with Crippen LogP contribution in [0.25, 0.3) is 0 Å². The van der Waals surface area contributed by atoms with Crippen LogP contribution < -0.4 is 0 Å². The third-order valence-corrected chi connectivity index (χ3v) is 3.30. The molecule has 1 N–H and O–H groups in total. The van der Waals surface area contributed by atoms with Crippen molar-refractivity contribution in [1.29, 1.82) is 0 Å². The highest BCUT2D eigenvalue weighted by molar-refractivity contribution is 5.93. The number of rotatable bonds is 2. The first-order chi connectivity index (χ1) is 9.02. The molecule has 1 aromatic rings. The zero-order chi connectivity index (χ0) is 14.0. The van der Waals surface area contributed by atoms with Crippen LogP contribution in [-0.4, -0.2) is 47.8 Å². The van der Waals surface area contributed by atoms with Gasteiger partial charge in [0.05, 0.1) is 7.11 Å². The summed E-state index contributed by atoms with van der Waals surface area (Å²) in [5.74, 6) is -0.252. The number of amides is 2. The number of carboxylic acid groups (broad SMARTS) is 1. The first-order valence-electron chi connectivity index (χ1n) is 5.94. The van der Waals surface area contributed by atoms with E-state index in [2.05, 4.69) is 0 Å². The highest BCUT2D eigenvalue weighted by Crippen LogP contribution is 2.21. The van der Waals surface area contributed by atoms with Crippen LogP contribution in [0.4, 0.5) is 4.79 Å². The SMILES string of the molecule is CON(C)C(=O)c1ccc2c(c1)CN(C(=O)O)CC2. The Morgan fingerprint density at radius 3 is 2.74 bits per heavy atom. The van der Waals surface area contributed by atoms with Gasteiger partial charge in [0.25, 0.3) is 5.91 Å². The molecule has 1 aliphatic rings. The predicted molar refractivity (Wildman–Crippen MR) is 67.7 cm³/mol. The number of hydrogen-bond donors (Lipinski definition) is 1. The van der Waals surface area contributed by atoms with Gasteiger partial charge in [-0.25, -0.2) is 9.86 Å². The van der Waals surface area contributed by atoms with E-state index in [9.17, 15) is 9.59 Å². The molecule has 1 heterocycles. The Hall–Kier alpha value is -2.08. The lowest BCUT2D eigenvalue weighted by atomic mass is 9.97. The van der Waals surface area contributed by atoms with E-state index in [0.29, 0.717) is 25.1 Å². The molecule has 0 saturated heterocycles. The summed E-state index contributed by atoms with van der Waals surface area (Å²) in [7, 11) is 2.95. The number of carbonyl (C=O) groups excluding carboxylic acids is 1. The van der Waals surface area contributed by atoms with Crippen molar-refractivity contribution in [3.8, 4) is 0 Å². The molecule has 6 nitrogen and oxygen atoms in total. The summed E-state index contributed by atoms with van der Waals surface area (Å²) in [6.45, 7) is 0.816. The van der Waals surface area contributed by atoms with Crippen LogP contribution in [0, 0.1) is 0 Å². The monoisotopic (exact) mass is 264 g/mol. The average molecular weight is 264 g/mol. The Kier molecular flexibility index (Phi) is 3.71. The molecule has 0 saturated carbocycles. The Balaban J connectivity index is 2.26. The maximum absolute atomic E-state index is 11.9. The van der Waals surface area contributed by atoms with E-state index < -0.39 is 6.09 Å². The van der Waals surface area contributed by atoms with Crippen LogP contribution in [-0.2, 0) is 17.8 Å². The minimum absolute atomic E-state index is 0.252. The molecule has 0 radical (unpaired) electrons. The number of fused-ring (bicyclic) bond motifs is 1. The minimum atomic E-state index is -0.934. The summed E-state index contributed by atoms with van der Waals surface area (Å²) in [4.78, 5) is 29.1. The lowest BCUT2D eigenvalue weighted by Crippen LogP contribution is -2.35. The molecule has 0 aliphatic carbocycles. The molecule has 2 amide bonds. The van der Waals surface area contributed by atoms with Gasteiger partial charge in [-0.2, -0.15) is 0 Å². The van der Waals surface area contributed by atoms with E-state index in [1.54, 1.807) is 12.1 Å². The lowest BCUT2D eigenvalue weighted by Gasteiger charge is -2.27. The van der Waals surface area contributed by atoms with Crippen molar-refractivity contribution < 1.29 is 19.5 Å². The van der Waals surface area contributed by atoms with Crippen LogP contribution in [0.2, 0.25) is 0 Å². The van der Waals surface area contributed by atoms with Gasteiger partial charge in [-0.05, 0) is 29.7 Å². The van der Waals surface area contributed by atoms with Crippen LogP contribution in [0.1, 0.15) is 21.5 Å². The predicted octanol–water partition coefficient (Wildman–Crippen LogP) is 1.36. The fourth-order valence-electron chi connectivity index (χ4n) is 2.12. The number of nitrogens with zero attached hydrogens (tertiary/aromatic N) is 2. The molecule has 0 fully saturated rings. The van der Waals surface area contributed by atoms with E-state index in [0.717, 1.165) is 16.2 Å². The number of hydrogen-bond acceptors (Lipinski definition) is 3. The average Bonchev–Trinajstić information content (AvgIpc) is 2.44. The maximum atomic E-state index is 11.9. The summed E-state index contributed by atoms with van der Waals surface area (Å²) in [5, 5.41) is 10.1. The Bertz CT molecular complexity index is 515. The van der Waals surface area contributed by atoms with Crippen LogP contribution in [0.15, 0.2) is 18.2 Å². The van der Waals surface area contributed by atoms with E-state index in [1.807, 2.05) is 6.07 Å². The molecule has 0 aromatic heterocycles. The first kappa shape index (κ1) is 13.4. The van der Waals surface area contributed by atoms with Crippen molar-refractivity contribution in [2.24, 2.45) is 0 Å². The zero-order valence-electron chi connectivity index (χ0n) is 10.9. The van der Waals surface area contributed by atoms with Gasteiger partial charge in [-0.3, -0.25) is 9.63 Å². The normalized spacial score (nSPS) is 13.9. The summed E-state index contributed by atoms with van der Waals surface area (Å²) >= 11 is 0. The van der Waals surface area contributed by atoms with Gasteiger partial charge in [0, 0.05) is 25.7 Å². The maximum Gasteiger partial charge on any atom is 0.407 e. The van der Waals surface area contributed by atoms with Gasteiger partial charge in [0.15, 0.2) is 0 Å². The van der Waals surface area contributed by atoms with Crippen molar-refractivity contribution in [2.75, 3.05) is 20.7 Å². The largest absolute Gasteiger partial charge is 0.465 e. The highest BCUT2D eigenvalue weighted by atomic mass is 16.7. The van der Waals surface area contributed by atoms with Crippen LogP contribution in [0.5, 0.6) is 0 Å². The van der Waals surface area contributed by atoms with Gasteiger partial charge in [0.2, 0.25) is 0 Å². The fourth-order valence-corrected chi connectivity index (χ4v) is 2.12. The molecule has 2 rings (SSSR count). The lowest BCUT2D eigenvalue weighted by molar-refractivity contribution is -0.0757. The van der Waals surface area contributed by atoms with Crippen molar-refractivity contribution in [3.63, 3.8) is 0 Å². The smallest absolute Gasteiger partial charge is 0.407 e. The van der Waals surface area contributed by atoms with E-state index in [-0.39, 0.29) is 5.91 Å². The second kappa shape index (κ2) is 5.27. The molecule has 1 aromatic carbocycles. The van der Waals surface area contributed by atoms with Gasteiger partial charge in [-0.1, -0.05) is 6.07 Å². The second-order valence-corrected chi connectivity index (χ2v) is 4.42. The molecule has 1 aliphatic heterocycles. The van der Waals surface area contributed by atoms with Crippen molar-refractivity contribution in [3.05, 3.63) is 34.9 Å². The molecule has 6 heteroatoms. The van der Waals surface area contributed by atoms with Gasteiger partial charge in [0.1, 0.15) is 0 Å². The third kappa shape index (κ3) is 2.68. The molecule has 0 bridgehead atoms. The second-order valence-electron chi connectivity index (χ2n) is 4.42. The van der Waals surface area contributed by atoms with E-state index in [1.165, 1.54) is 19.1 Å². The molecule has 19 heavy (non-hydrogen) atoms. The van der Waals surface area contributed by atoms with Crippen molar-refractivity contribution >= 4 is 12.0 Å². The topological polar surface area (TPSA) is 70.1 Å². The van der Waals surface area contributed by atoms with E-state index in [4.69, 9.17) is 9.94 Å². The molecule has 0 atom stereocenters. The molecule has 102 valence electrons. The highest BCUT2D eigenvalue weighted by Gasteiger charge is 2.21. The number of benzene rings is 1. The Morgan fingerprint density at radius 2 is 2.11 bits per heavy atom. The van der Waals surface area contributed by atoms with Crippen LogP contribution in [0.3, 0.4) is 0 Å². The molecule has 0 unspecified atom stereocenters. The summed E-state index contributed by atoms with van der Waals surface area (Å²) < 4.78 is 0. The number of carbonyl (C=O) groups is 2. The first-order valence-corrected chi connectivity index (χ1v) is 5.94. The summed E-state index contributed by atoms with van der Waals surface area (Å²) in [5.41, 5.74) is 2.47. The van der Waals surface area contributed by atoms with Gasteiger partial charge >= 0.3 is 6.09 Å². The number of hydroxylamine groups is 2.